The Kier molecular flexibility index (Phi) is 2.89. The van der Waals surface area contributed by atoms with Crippen LogP contribution in [0, 0.1) is 5.92 Å². The first-order valence-electron chi connectivity index (χ1n) is 5.26. The maximum Gasteiger partial charge on any atom is 0.0692 e. The van der Waals surface area contributed by atoms with E-state index in [1.165, 1.54) is 18.5 Å². The minimum atomic E-state index is -0.143. The predicted molar refractivity (Wildman–Crippen MR) is 55.9 cm³/mol. The van der Waals surface area contributed by atoms with Crippen LogP contribution in [-0.4, -0.2) is 22.3 Å². The molecular weight excluding hydrogens is 176 g/mol. The van der Waals surface area contributed by atoms with Gasteiger partial charge in [0.25, 0.3) is 0 Å². The highest BCUT2D eigenvalue weighted by Gasteiger charge is 2.28. The molecule has 2 N–H and O–H groups in total. The largest absolute Gasteiger partial charge is 0.392 e. The zero-order valence-corrected chi connectivity index (χ0v) is 8.61. The second kappa shape index (κ2) is 4.15. The normalized spacial score (nSPS) is 18.4. The van der Waals surface area contributed by atoms with Crippen LogP contribution in [0.1, 0.15) is 18.5 Å². The molecule has 3 heteroatoms. The van der Waals surface area contributed by atoms with Crippen LogP contribution in [0.3, 0.4) is 0 Å². The lowest BCUT2D eigenvalue weighted by Crippen LogP contribution is -2.28. The van der Waals surface area contributed by atoms with E-state index in [0.717, 1.165) is 13.1 Å². The Hall–Kier alpha value is -0.800. The number of aromatic nitrogens is 1. The molecule has 1 aliphatic rings. The summed E-state index contributed by atoms with van der Waals surface area (Å²) in [5.74, 6) is 0.566. The van der Waals surface area contributed by atoms with Crippen LogP contribution in [0.5, 0.6) is 0 Å². The monoisotopic (exact) mass is 194 g/mol. The van der Waals surface area contributed by atoms with Crippen molar-refractivity contribution < 1.29 is 5.11 Å². The van der Waals surface area contributed by atoms with Crippen LogP contribution in [0.4, 0.5) is 0 Å². The molecule has 0 bridgehead atoms. The molecule has 3 nitrogen and oxygen atoms in total. The molecule has 0 radical (unpaired) electrons. The van der Waals surface area contributed by atoms with Gasteiger partial charge in [-0.15, -0.1) is 0 Å². The average Bonchev–Trinajstić information content (AvgIpc) is 2.93. The highest BCUT2D eigenvalue weighted by atomic mass is 16.3. The van der Waals surface area contributed by atoms with Gasteiger partial charge in [0.15, 0.2) is 0 Å². The molecule has 0 saturated heterocycles. The van der Waals surface area contributed by atoms with E-state index in [-0.39, 0.29) is 6.10 Å². The Labute approximate surface area is 84.7 Å². The number of aliphatic hydroxyl groups is 1. The van der Waals surface area contributed by atoms with Gasteiger partial charge >= 0.3 is 0 Å². The lowest BCUT2D eigenvalue weighted by atomic mass is 10.2. The summed E-state index contributed by atoms with van der Waals surface area (Å²) in [4.78, 5) is 0. The van der Waals surface area contributed by atoms with E-state index in [1.807, 2.05) is 19.3 Å². The van der Waals surface area contributed by atoms with Gasteiger partial charge in [-0.05, 0) is 30.9 Å². The van der Waals surface area contributed by atoms with Gasteiger partial charge in [0.2, 0.25) is 0 Å². The smallest absolute Gasteiger partial charge is 0.0692 e. The highest BCUT2D eigenvalue weighted by Crippen LogP contribution is 2.32. The minimum absolute atomic E-state index is 0.143. The summed E-state index contributed by atoms with van der Waals surface area (Å²) in [5.41, 5.74) is 1.26. The SMILES string of the molecule is Cn1cccc1CNCC(O)C1CC1. The molecule has 14 heavy (non-hydrogen) atoms. The quantitative estimate of drug-likeness (QED) is 0.730. The molecule has 78 valence electrons. The number of hydrogen-bond acceptors (Lipinski definition) is 2. The van der Waals surface area contributed by atoms with Gasteiger partial charge in [-0.1, -0.05) is 0 Å². The van der Waals surface area contributed by atoms with Crippen LogP contribution in [0.15, 0.2) is 18.3 Å². The lowest BCUT2D eigenvalue weighted by molar-refractivity contribution is 0.148. The molecule has 1 fully saturated rings. The molecule has 1 unspecified atom stereocenters. The standard InChI is InChI=1S/C11H18N2O/c1-13-6-2-3-10(13)7-12-8-11(14)9-4-5-9/h2-3,6,9,11-12,14H,4-5,7-8H2,1H3. The fourth-order valence-corrected chi connectivity index (χ4v) is 1.68. The molecule has 1 aromatic rings. The molecule has 0 amide bonds. The van der Waals surface area contributed by atoms with E-state index in [0.29, 0.717) is 5.92 Å². The second-order valence-electron chi connectivity index (χ2n) is 4.15. The molecular formula is C11H18N2O. The third-order valence-corrected chi connectivity index (χ3v) is 2.88. The molecule has 1 aromatic heterocycles. The molecule has 0 aromatic carbocycles. The topological polar surface area (TPSA) is 37.2 Å². The van der Waals surface area contributed by atoms with Crippen molar-refractivity contribution in [3.63, 3.8) is 0 Å². The van der Waals surface area contributed by atoms with Crippen molar-refractivity contribution in [2.75, 3.05) is 6.54 Å². The molecule has 1 atom stereocenters. The van der Waals surface area contributed by atoms with Crippen molar-refractivity contribution in [1.29, 1.82) is 0 Å². The fourth-order valence-electron chi connectivity index (χ4n) is 1.68. The Morgan fingerprint density at radius 1 is 1.64 bits per heavy atom. The van der Waals surface area contributed by atoms with Crippen molar-refractivity contribution in [1.82, 2.24) is 9.88 Å². The summed E-state index contributed by atoms with van der Waals surface area (Å²) in [5, 5.41) is 12.9. The first-order valence-corrected chi connectivity index (χ1v) is 5.26. The second-order valence-corrected chi connectivity index (χ2v) is 4.15. The van der Waals surface area contributed by atoms with E-state index < -0.39 is 0 Å². The first-order chi connectivity index (χ1) is 6.77. The lowest BCUT2D eigenvalue weighted by Gasteiger charge is -2.10. The first kappa shape index (κ1) is 9.74. The molecule has 0 spiro atoms. The summed E-state index contributed by atoms with van der Waals surface area (Å²) in [6.45, 7) is 1.56. The number of hydrogen-bond donors (Lipinski definition) is 2. The van der Waals surface area contributed by atoms with Gasteiger partial charge in [0, 0.05) is 32.0 Å². The van der Waals surface area contributed by atoms with E-state index in [1.54, 1.807) is 0 Å². The number of rotatable bonds is 5. The van der Waals surface area contributed by atoms with E-state index in [4.69, 9.17) is 0 Å². The van der Waals surface area contributed by atoms with Crippen LogP contribution < -0.4 is 5.32 Å². The maximum absolute atomic E-state index is 9.62. The predicted octanol–water partition coefficient (Wildman–Crippen LogP) is 0.886. The summed E-state index contributed by atoms with van der Waals surface area (Å²) in [7, 11) is 2.04. The third-order valence-electron chi connectivity index (χ3n) is 2.88. The van der Waals surface area contributed by atoms with Gasteiger partial charge in [0.1, 0.15) is 0 Å². The third kappa shape index (κ3) is 2.36. The number of aryl methyl sites for hydroxylation is 1. The zero-order chi connectivity index (χ0) is 9.97. The van der Waals surface area contributed by atoms with Crippen molar-refractivity contribution in [3.8, 4) is 0 Å². The van der Waals surface area contributed by atoms with Gasteiger partial charge in [-0.2, -0.15) is 0 Å². The average molecular weight is 194 g/mol. The molecule has 2 rings (SSSR count). The Balaban J connectivity index is 1.69. The summed E-state index contributed by atoms with van der Waals surface area (Å²) >= 11 is 0. The fraction of sp³-hybridized carbons (Fsp3) is 0.636. The molecule has 0 aliphatic heterocycles. The minimum Gasteiger partial charge on any atom is -0.392 e. The maximum atomic E-state index is 9.62. The highest BCUT2D eigenvalue weighted by molar-refractivity contribution is 5.05. The van der Waals surface area contributed by atoms with Crippen molar-refractivity contribution in [2.45, 2.75) is 25.5 Å². The number of nitrogens with zero attached hydrogens (tertiary/aromatic N) is 1. The summed E-state index contributed by atoms with van der Waals surface area (Å²) in [6, 6.07) is 4.13. The van der Waals surface area contributed by atoms with Gasteiger partial charge in [-0.3, -0.25) is 0 Å². The van der Waals surface area contributed by atoms with E-state index in [9.17, 15) is 5.11 Å². The Bertz CT molecular complexity index is 291. The molecule has 1 aliphatic carbocycles. The zero-order valence-electron chi connectivity index (χ0n) is 8.61. The number of aliphatic hydroxyl groups excluding tert-OH is 1. The van der Waals surface area contributed by atoms with Gasteiger partial charge in [-0.25, -0.2) is 0 Å². The van der Waals surface area contributed by atoms with Crippen LogP contribution in [-0.2, 0) is 13.6 Å². The van der Waals surface area contributed by atoms with Gasteiger partial charge in [0.05, 0.1) is 6.10 Å². The van der Waals surface area contributed by atoms with Crippen LogP contribution in [0.2, 0.25) is 0 Å². The van der Waals surface area contributed by atoms with Crippen molar-refractivity contribution in [3.05, 3.63) is 24.0 Å². The molecule has 1 heterocycles. The Morgan fingerprint density at radius 3 is 3.00 bits per heavy atom. The number of nitrogens with one attached hydrogen (secondary N) is 1. The van der Waals surface area contributed by atoms with Crippen LogP contribution in [0.25, 0.3) is 0 Å². The van der Waals surface area contributed by atoms with E-state index in [2.05, 4.69) is 16.0 Å². The van der Waals surface area contributed by atoms with Crippen molar-refractivity contribution in [2.24, 2.45) is 13.0 Å². The van der Waals surface area contributed by atoms with Gasteiger partial charge < -0.3 is 15.0 Å². The summed E-state index contributed by atoms with van der Waals surface area (Å²) in [6.07, 6.45) is 4.30. The van der Waals surface area contributed by atoms with E-state index >= 15 is 0 Å². The summed E-state index contributed by atoms with van der Waals surface area (Å²) < 4.78 is 2.09. The molecule has 1 saturated carbocycles. The Morgan fingerprint density at radius 2 is 2.43 bits per heavy atom. The van der Waals surface area contributed by atoms with Crippen molar-refractivity contribution >= 4 is 0 Å². The van der Waals surface area contributed by atoms with Crippen LogP contribution >= 0.6 is 0 Å².